The summed E-state index contributed by atoms with van der Waals surface area (Å²) in [5.74, 6) is -2.16. The molecule has 0 radical (unpaired) electrons. The molecule has 1 rings (SSSR count). The summed E-state index contributed by atoms with van der Waals surface area (Å²) in [5.41, 5.74) is -0.443. The number of aryl methyl sites for hydroxylation is 1. The second-order valence-corrected chi connectivity index (χ2v) is 4.55. The van der Waals surface area contributed by atoms with Gasteiger partial charge in [0.2, 0.25) is 5.82 Å². The summed E-state index contributed by atoms with van der Waals surface area (Å²) in [4.78, 5) is 38.6. The Bertz CT molecular complexity index is 602. The molecule has 120 valence electrons. The number of aromatic nitrogens is 1. The fourth-order valence-corrected chi connectivity index (χ4v) is 2.01. The standard InChI is InChI=1S/C13H17N3O6/c1-4-5-15(7-10(17)18)12-11(16(20)21)9(13(19)22-3)6-8(2)14-12/h6H,4-5,7H2,1-3H3,(H,17,18). The maximum absolute atomic E-state index is 11.8. The maximum Gasteiger partial charge on any atom is 0.345 e. The number of methoxy groups -OCH3 is 1. The van der Waals surface area contributed by atoms with Gasteiger partial charge in [-0.3, -0.25) is 14.9 Å². The van der Waals surface area contributed by atoms with E-state index in [1.165, 1.54) is 11.0 Å². The number of anilines is 1. The molecule has 0 saturated heterocycles. The number of nitrogens with zero attached hydrogens (tertiary/aromatic N) is 3. The number of esters is 1. The lowest BCUT2D eigenvalue weighted by molar-refractivity contribution is -0.384. The van der Waals surface area contributed by atoms with Crippen LogP contribution < -0.4 is 4.90 Å². The summed E-state index contributed by atoms with van der Waals surface area (Å²) < 4.78 is 4.55. The van der Waals surface area contributed by atoms with Crippen molar-refractivity contribution in [1.29, 1.82) is 0 Å². The summed E-state index contributed by atoms with van der Waals surface area (Å²) >= 11 is 0. The van der Waals surface area contributed by atoms with Crippen LogP contribution in [0.3, 0.4) is 0 Å². The van der Waals surface area contributed by atoms with Gasteiger partial charge in [-0.05, 0) is 19.4 Å². The van der Waals surface area contributed by atoms with Gasteiger partial charge in [-0.2, -0.15) is 0 Å². The Morgan fingerprint density at radius 2 is 2.14 bits per heavy atom. The molecule has 1 aromatic rings. The topological polar surface area (TPSA) is 123 Å². The van der Waals surface area contributed by atoms with E-state index in [0.717, 1.165) is 7.11 Å². The fraction of sp³-hybridized carbons (Fsp3) is 0.462. The minimum atomic E-state index is -1.15. The van der Waals surface area contributed by atoms with Crippen LogP contribution in [0, 0.1) is 17.0 Å². The minimum absolute atomic E-state index is 0.144. The van der Waals surface area contributed by atoms with Crippen molar-refractivity contribution >= 4 is 23.4 Å². The van der Waals surface area contributed by atoms with Crippen molar-refractivity contribution in [3.05, 3.63) is 27.4 Å². The summed E-state index contributed by atoms with van der Waals surface area (Å²) in [5, 5.41) is 20.3. The Hall–Kier alpha value is -2.71. The third-order valence-corrected chi connectivity index (χ3v) is 2.81. The number of pyridine rings is 1. The number of nitro groups is 1. The van der Waals surface area contributed by atoms with Gasteiger partial charge in [0.15, 0.2) is 0 Å². The second-order valence-electron chi connectivity index (χ2n) is 4.55. The van der Waals surface area contributed by atoms with E-state index in [2.05, 4.69) is 9.72 Å². The molecule has 0 saturated carbocycles. The predicted molar refractivity (Wildman–Crippen MR) is 77.1 cm³/mol. The molecule has 0 aromatic carbocycles. The first-order chi connectivity index (χ1) is 10.3. The number of hydrogen-bond acceptors (Lipinski definition) is 7. The number of hydrogen-bond donors (Lipinski definition) is 1. The van der Waals surface area contributed by atoms with E-state index < -0.39 is 29.1 Å². The molecule has 1 N–H and O–H groups in total. The normalized spacial score (nSPS) is 10.1. The van der Waals surface area contributed by atoms with E-state index >= 15 is 0 Å². The Kier molecular flexibility index (Phi) is 5.79. The molecule has 1 heterocycles. The van der Waals surface area contributed by atoms with Gasteiger partial charge in [0.25, 0.3) is 0 Å². The Morgan fingerprint density at radius 3 is 2.59 bits per heavy atom. The first-order valence-electron chi connectivity index (χ1n) is 6.52. The highest BCUT2D eigenvalue weighted by Gasteiger charge is 2.31. The zero-order chi connectivity index (χ0) is 16.9. The summed E-state index contributed by atoms with van der Waals surface area (Å²) in [6, 6.07) is 1.25. The van der Waals surface area contributed by atoms with Crippen LogP contribution in [0.25, 0.3) is 0 Å². The van der Waals surface area contributed by atoms with Gasteiger partial charge in [0.1, 0.15) is 12.1 Å². The van der Waals surface area contributed by atoms with Crippen molar-refractivity contribution in [2.45, 2.75) is 20.3 Å². The molecule has 0 aliphatic heterocycles. The van der Waals surface area contributed by atoms with Crippen molar-refractivity contribution in [3.8, 4) is 0 Å². The smallest absolute Gasteiger partial charge is 0.345 e. The lowest BCUT2D eigenvalue weighted by atomic mass is 10.1. The molecular formula is C13H17N3O6. The van der Waals surface area contributed by atoms with Gasteiger partial charge in [0.05, 0.1) is 12.0 Å². The Balaban J connectivity index is 3.55. The van der Waals surface area contributed by atoms with Gasteiger partial charge in [0, 0.05) is 12.2 Å². The van der Waals surface area contributed by atoms with E-state index in [-0.39, 0.29) is 17.9 Å². The van der Waals surface area contributed by atoms with E-state index in [0.29, 0.717) is 12.1 Å². The number of aliphatic carboxylic acids is 1. The largest absolute Gasteiger partial charge is 0.480 e. The van der Waals surface area contributed by atoms with E-state index in [1.54, 1.807) is 13.8 Å². The number of carbonyl (C=O) groups excluding carboxylic acids is 1. The SMILES string of the molecule is CCCN(CC(=O)O)c1nc(C)cc(C(=O)OC)c1[N+](=O)[O-]. The molecule has 0 fully saturated rings. The van der Waals surface area contributed by atoms with Gasteiger partial charge < -0.3 is 14.7 Å². The first kappa shape index (κ1) is 17.3. The number of carbonyl (C=O) groups is 2. The summed E-state index contributed by atoms with van der Waals surface area (Å²) in [7, 11) is 1.11. The zero-order valence-electron chi connectivity index (χ0n) is 12.5. The molecular weight excluding hydrogens is 294 g/mol. The molecule has 0 amide bonds. The van der Waals surface area contributed by atoms with Crippen molar-refractivity contribution < 1.29 is 24.4 Å². The third kappa shape index (κ3) is 3.90. The molecule has 1 aromatic heterocycles. The highest BCUT2D eigenvalue weighted by atomic mass is 16.6. The molecule has 0 atom stereocenters. The van der Waals surface area contributed by atoms with Gasteiger partial charge in [-0.25, -0.2) is 9.78 Å². The van der Waals surface area contributed by atoms with Crippen LogP contribution in [0.5, 0.6) is 0 Å². The van der Waals surface area contributed by atoms with Gasteiger partial charge >= 0.3 is 17.6 Å². The average molecular weight is 311 g/mol. The third-order valence-electron chi connectivity index (χ3n) is 2.81. The van der Waals surface area contributed by atoms with Crippen LogP contribution in [0.1, 0.15) is 29.4 Å². The van der Waals surface area contributed by atoms with Crippen LogP contribution in [0.15, 0.2) is 6.07 Å². The molecule has 0 aliphatic rings. The number of carboxylic acids is 1. The Morgan fingerprint density at radius 1 is 1.50 bits per heavy atom. The van der Waals surface area contributed by atoms with Crippen LogP contribution in [-0.4, -0.2) is 47.2 Å². The van der Waals surface area contributed by atoms with E-state index in [4.69, 9.17) is 5.11 Å². The summed E-state index contributed by atoms with van der Waals surface area (Å²) in [6.45, 7) is 3.16. The lowest BCUT2D eigenvalue weighted by Gasteiger charge is -2.21. The molecule has 9 heteroatoms. The molecule has 22 heavy (non-hydrogen) atoms. The number of ether oxygens (including phenoxy) is 1. The predicted octanol–water partition coefficient (Wildman–Crippen LogP) is 1.39. The maximum atomic E-state index is 11.8. The van der Waals surface area contributed by atoms with Crippen LogP contribution in [-0.2, 0) is 9.53 Å². The highest BCUT2D eigenvalue weighted by molar-refractivity contribution is 5.96. The van der Waals surface area contributed by atoms with Crippen LogP contribution >= 0.6 is 0 Å². The van der Waals surface area contributed by atoms with E-state index in [1.807, 2.05) is 0 Å². The molecule has 0 spiro atoms. The minimum Gasteiger partial charge on any atom is -0.480 e. The molecule has 0 unspecified atom stereocenters. The van der Waals surface area contributed by atoms with Crippen molar-refractivity contribution in [2.75, 3.05) is 25.1 Å². The fourth-order valence-electron chi connectivity index (χ4n) is 2.01. The monoisotopic (exact) mass is 311 g/mol. The molecule has 0 aliphatic carbocycles. The lowest BCUT2D eigenvalue weighted by Crippen LogP contribution is -2.32. The molecule has 9 nitrogen and oxygen atoms in total. The second kappa shape index (κ2) is 7.34. The van der Waals surface area contributed by atoms with E-state index in [9.17, 15) is 19.7 Å². The van der Waals surface area contributed by atoms with Crippen molar-refractivity contribution in [1.82, 2.24) is 4.98 Å². The zero-order valence-corrected chi connectivity index (χ0v) is 12.5. The molecule has 0 bridgehead atoms. The van der Waals surface area contributed by atoms with Crippen molar-refractivity contribution in [2.24, 2.45) is 0 Å². The average Bonchev–Trinajstić information content (AvgIpc) is 2.44. The summed E-state index contributed by atoms with van der Waals surface area (Å²) in [6.07, 6.45) is 0.563. The quantitative estimate of drug-likeness (QED) is 0.455. The van der Waals surface area contributed by atoms with Gasteiger partial charge in [-0.1, -0.05) is 6.92 Å². The number of rotatable bonds is 7. The van der Waals surface area contributed by atoms with Crippen LogP contribution in [0.4, 0.5) is 11.5 Å². The van der Waals surface area contributed by atoms with Crippen LogP contribution in [0.2, 0.25) is 0 Å². The Labute approximate surface area is 126 Å². The van der Waals surface area contributed by atoms with Gasteiger partial charge in [-0.15, -0.1) is 0 Å². The highest BCUT2D eigenvalue weighted by Crippen LogP contribution is 2.31. The van der Waals surface area contributed by atoms with Crippen molar-refractivity contribution in [3.63, 3.8) is 0 Å². The first-order valence-corrected chi connectivity index (χ1v) is 6.52. The number of carboxylic acid groups (broad SMARTS) is 1.